The third-order valence-electron chi connectivity index (χ3n) is 4.99. The van der Waals surface area contributed by atoms with E-state index in [2.05, 4.69) is 15.5 Å². The Bertz CT molecular complexity index is 1070. The standard InChI is InChI=1S/C23H27ClN4O2S/c1-15-7-9-19(13-16(15)2)25-22(29)14-31-23-27-26-21(28(23)4)6-5-11-30-20-10-8-18(24)12-17(20)3/h7-10,12-13H,5-6,11,14H2,1-4H3,(H,25,29). The molecule has 6 nitrogen and oxygen atoms in total. The van der Waals surface area contributed by atoms with E-state index in [-0.39, 0.29) is 11.7 Å². The van der Waals surface area contributed by atoms with Crippen molar-refractivity contribution in [1.82, 2.24) is 14.8 Å². The van der Waals surface area contributed by atoms with E-state index >= 15 is 0 Å². The van der Waals surface area contributed by atoms with Crippen LogP contribution < -0.4 is 10.1 Å². The first-order chi connectivity index (χ1) is 14.8. The van der Waals surface area contributed by atoms with Crippen molar-refractivity contribution in [3.8, 4) is 5.75 Å². The molecule has 0 saturated carbocycles. The highest BCUT2D eigenvalue weighted by Gasteiger charge is 2.12. The number of amides is 1. The molecule has 1 N–H and O–H groups in total. The van der Waals surface area contributed by atoms with Crippen LogP contribution in [0.5, 0.6) is 5.75 Å². The number of rotatable bonds is 9. The zero-order chi connectivity index (χ0) is 22.4. The Balaban J connectivity index is 1.44. The van der Waals surface area contributed by atoms with Crippen LogP contribution in [-0.2, 0) is 18.3 Å². The number of benzene rings is 2. The number of ether oxygens (including phenoxy) is 1. The molecule has 3 rings (SSSR count). The van der Waals surface area contributed by atoms with Gasteiger partial charge in [-0.3, -0.25) is 4.79 Å². The molecule has 1 amide bonds. The number of hydrogen-bond donors (Lipinski definition) is 1. The van der Waals surface area contributed by atoms with E-state index in [1.807, 2.05) is 68.8 Å². The van der Waals surface area contributed by atoms with E-state index in [0.717, 1.165) is 46.4 Å². The monoisotopic (exact) mass is 458 g/mol. The van der Waals surface area contributed by atoms with Crippen LogP contribution in [0.2, 0.25) is 5.02 Å². The van der Waals surface area contributed by atoms with Gasteiger partial charge in [0.25, 0.3) is 0 Å². The first-order valence-electron chi connectivity index (χ1n) is 10.1. The maximum absolute atomic E-state index is 12.3. The fraction of sp³-hybridized carbons (Fsp3) is 0.348. The molecule has 0 aliphatic heterocycles. The van der Waals surface area contributed by atoms with Crippen molar-refractivity contribution in [3.63, 3.8) is 0 Å². The van der Waals surface area contributed by atoms with Gasteiger partial charge in [-0.2, -0.15) is 0 Å². The van der Waals surface area contributed by atoms with Gasteiger partial charge in [0.1, 0.15) is 11.6 Å². The summed E-state index contributed by atoms with van der Waals surface area (Å²) in [5, 5.41) is 12.8. The van der Waals surface area contributed by atoms with E-state index in [9.17, 15) is 4.79 Å². The number of nitrogens with one attached hydrogen (secondary N) is 1. The van der Waals surface area contributed by atoms with Gasteiger partial charge >= 0.3 is 0 Å². The van der Waals surface area contributed by atoms with Crippen LogP contribution in [0.15, 0.2) is 41.6 Å². The first-order valence-corrected chi connectivity index (χ1v) is 11.5. The van der Waals surface area contributed by atoms with Gasteiger partial charge in [0.05, 0.1) is 12.4 Å². The minimum absolute atomic E-state index is 0.0652. The molecule has 0 bridgehead atoms. The lowest BCUT2D eigenvalue weighted by Crippen LogP contribution is -2.14. The lowest BCUT2D eigenvalue weighted by molar-refractivity contribution is -0.113. The molecule has 0 aliphatic rings. The number of thioether (sulfide) groups is 1. The number of carbonyl (C=O) groups excluding carboxylic acids is 1. The molecule has 2 aromatic carbocycles. The Morgan fingerprint density at radius 3 is 2.65 bits per heavy atom. The van der Waals surface area contributed by atoms with Gasteiger partial charge in [0.15, 0.2) is 5.16 Å². The van der Waals surface area contributed by atoms with Crippen molar-refractivity contribution < 1.29 is 9.53 Å². The second kappa shape index (κ2) is 10.7. The largest absolute Gasteiger partial charge is 0.493 e. The number of aryl methyl sites for hydroxylation is 4. The van der Waals surface area contributed by atoms with Crippen molar-refractivity contribution in [3.05, 3.63) is 63.9 Å². The first kappa shape index (κ1) is 23.2. The Morgan fingerprint density at radius 2 is 1.90 bits per heavy atom. The third kappa shape index (κ3) is 6.48. The molecule has 3 aromatic rings. The lowest BCUT2D eigenvalue weighted by atomic mass is 10.1. The van der Waals surface area contributed by atoms with Gasteiger partial charge < -0.3 is 14.6 Å². The Morgan fingerprint density at radius 1 is 1.10 bits per heavy atom. The van der Waals surface area contributed by atoms with Crippen LogP contribution in [-0.4, -0.2) is 33.0 Å². The molecular weight excluding hydrogens is 432 g/mol. The molecule has 0 radical (unpaired) electrons. The molecule has 0 aliphatic carbocycles. The molecule has 0 saturated heterocycles. The summed E-state index contributed by atoms with van der Waals surface area (Å²) in [6, 6.07) is 11.5. The van der Waals surface area contributed by atoms with Gasteiger partial charge in [0.2, 0.25) is 5.91 Å². The molecule has 0 spiro atoms. The van der Waals surface area contributed by atoms with Crippen LogP contribution in [0.4, 0.5) is 5.69 Å². The minimum Gasteiger partial charge on any atom is -0.493 e. The van der Waals surface area contributed by atoms with Gasteiger partial charge in [-0.1, -0.05) is 29.4 Å². The summed E-state index contributed by atoms with van der Waals surface area (Å²) in [5.41, 5.74) is 4.18. The summed E-state index contributed by atoms with van der Waals surface area (Å²) in [5.74, 6) is 1.92. The van der Waals surface area contributed by atoms with Crippen molar-refractivity contribution >= 4 is 35.0 Å². The van der Waals surface area contributed by atoms with Crippen LogP contribution >= 0.6 is 23.4 Å². The van der Waals surface area contributed by atoms with Crippen molar-refractivity contribution in [2.24, 2.45) is 7.05 Å². The number of nitrogens with zero attached hydrogens (tertiary/aromatic N) is 3. The number of halogens is 1. The summed E-state index contributed by atoms with van der Waals surface area (Å²) in [7, 11) is 1.92. The van der Waals surface area contributed by atoms with Crippen LogP contribution in [0.3, 0.4) is 0 Å². The van der Waals surface area contributed by atoms with E-state index in [4.69, 9.17) is 16.3 Å². The van der Waals surface area contributed by atoms with Crippen LogP contribution in [0.1, 0.15) is 28.9 Å². The highest BCUT2D eigenvalue weighted by Crippen LogP contribution is 2.22. The van der Waals surface area contributed by atoms with Crippen molar-refractivity contribution in [2.45, 2.75) is 38.8 Å². The number of aromatic nitrogens is 3. The van der Waals surface area contributed by atoms with Crippen LogP contribution in [0, 0.1) is 20.8 Å². The molecular formula is C23H27ClN4O2S. The molecule has 0 fully saturated rings. The SMILES string of the molecule is Cc1ccc(NC(=O)CSc2nnc(CCCOc3ccc(Cl)cc3C)n2C)cc1C. The predicted octanol–water partition coefficient (Wildman–Crippen LogP) is 5.14. The van der Waals surface area contributed by atoms with E-state index in [1.165, 1.54) is 17.3 Å². The van der Waals surface area contributed by atoms with Gasteiger partial charge in [-0.25, -0.2) is 0 Å². The quantitative estimate of drug-likeness (QED) is 0.355. The van der Waals surface area contributed by atoms with E-state index in [0.29, 0.717) is 11.6 Å². The average Bonchev–Trinajstić information content (AvgIpc) is 3.07. The van der Waals surface area contributed by atoms with Gasteiger partial charge in [0, 0.05) is 24.2 Å². The molecule has 0 atom stereocenters. The lowest BCUT2D eigenvalue weighted by Gasteiger charge is -2.09. The second-order valence-corrected chi connectivity index (χ2v) is 8.83. The molecule has 8 heteroatoms. The Hall–Kier alpha value is -2.51. The number of anilines is 1. The highest BCUT2D eigenvalue weighted by molar-refractivity contribution is 7.99. The van der Waals surface area contributed by atoms with Gasteiger partial charge in [-0.15, -0.1) is 10.2 Å². The zero-order valence-electron chi connectivity index (χ0n) is 18.2. The van der Waals surface area contributed by atoms with E-state index < -0.39 is 0 Å². The summed E-state index contributed by atoms with van der Waals surface area (Å²) >= 11 is 7.35. The molecule has 31 heavy (non-hydrogen) atoms. The third-order valence-corrected chi connectivity index (χ3v) is 6.24. The van der Waals surface area contributed by atoms with E-state index in [1.54, 1.807) is 0 Å². The maximum Gasteiger partial charge on any atom is 0.234 e. The Labute approximate surface area is 192 Å². The molecule has 164 valence electrons. The summed E-state index contributed by atoms with van der Waals surface area (Å²) in [4.78, 5) is 12.3. The van der Waals surface area contributed by atoms with Gasteiger partial charge in [-0.05, 0) is 74.2 Å². The Kier molecular flexibility index (Phi) is 7.98. The fourth-order valence-electron chi connectivity index (χ4n) is 3.02. The number of hydrogen-bond acceptors (Lipinski definition) is 5. The fourth-order valence-corrected chi connectivity index (χ4v) is 3.98. The average molecular weight is 459 g/mol. The van der Waals surface area contributed by atoms with Crippen molar-refractivity contribution in [1.29, 1.82) is 0 Å². The maximum atomic E-state index is 12.3. The normalized spacial score (nSPS) is 10.9. The summed E-state index contributed by atoms with van der Waals surface area (Å²) in [6.45, 7) is 6.63. The molecule has 1 heterocycles. The minimum atomic E-state index is -0.0652. The highest BCUT2D eigenvalue weighted by atomic mass is 35.5. The summed E-state index contributed by atoms with van der Waals surface area (Å²) < 4.78 is 7.77. The number of carbonyl (C=O) groups is 1. The summed E-state index contributed by atoms with van der Waals surface area (Å²) in [6.07, 6.45) is 1.55. The second-order valence-electron chi connectivity index (χ2n) is 7.46. The zero-order valence-corrected chi connectivity index (χ0v) is 19.8. The topological polar surface area (TPSA) is 69.0 Å². The van der Waals surface area contributed by atoms with Crippen molar-refractivity contribution in [2.75, 3.05) is 17.7 Å². The smallest absolute Gasteiger partial charge is 0.234 e. The molecule has 0 unspecified atom stereocenters. The van der Waals surface area contributed by atoms with Crippen LogP contribution in [0.25, 0.3) is 0 Å². The predicted molar refractivity (Wildman–Crippen MR) is 126 cm³/mol. The molecule has 1 aromatic heterocycles.